The quantitative estimate of drug-likeness (QED) is 0.0240. The summed E-state index contributed by atoms with van der Waals surface area (Å²) in [5, 5.41) is 12.7. The first-order valence-corrected chi connectivity index (χ1v) is 24.2. The van der Waals surface area contributed by atoms with E-state index < -0.39 is 26.5 Å². The van der Waals surface area contributed by atoms with Crippen molar-refractivity contribution in [3.8, 4) is 0 Å². The Balaban J connectivity index is 3.76. The van der Waals surface area contributed by atoms with Crippen molar-refractivity contribution in [1.82, 2.24) is 5.32 Å². The molecule has 0 saturated carbocycles. The molecule has 0 spiro atoms. The van der Waals surface area contributed by atoms with Gasteiger partial charge in [0.2, 0.25) is 5.91 Å². The minimum absolute atomic E-state index is 0.0440. The first-order chi connectivity index (χ1) is 29.8. The van der Waals surface area contributed by atoms with Gasteiger partial charge in [-0.1, -0.05) is 154 Å². The molecule has 10 heteroatoms. The van der Waals surface area contributed by atoms with Crippen molar-refractivity contribution >= 4 is 19.7 Å². The van der Waals surface area contributed by atoms with Crippen LogP contribution in [0.3, 0.4) is 0 Å². The fourth-order valence-corrected chi connectivity index (χ4v) is 5.99. The number of hydrogen-bond donors (Lipinski definition) is 3. The number of aliphatic hydroxyl groups is 1. The van der Waals surface area contributed by atoms with Crippen LogP contribution in [0.2, 0.25) is 0 Å². The molecule has 9 nitrogen and oxygen atoms in total. The summed E-state index contributed by atoms with van der Waals surface area (Å²) in [4.78, 5) is 34.0. The van der Waals surface area contributed by atoms with Gasteiger partial charge in [0, 0.05) is 19.4 Å². The van der Waals surface area contributed by atoms with Crippen LogP contribution in [-0.4, -0.2) is 54.3 Å². The van der Waals surface area contributed by atoms with Crippen molar-refractivity contribution in [1.29, 1.82) is 0 Å². The fraction of sp³-hybridized carbons (Fsp3) is 0.529. The van der Waals surface area contributed by atoms with Gasteiger partial charge in [-0.05, 0) is 109 Å². The maximum Gasteiger partial charge on any atom is 0.472 e. The number of carbonyl (C=O) groups is 2. The predicted molar refractivity (Wildman–Crippen MR) is 256 cm³/mol. The van der Waals surface area contributed by atoms with Crippen molar-refractivity contribution < 1.29 is 37.9 Å². The molecule has 0 rings (SSSR count). The van der Waals surface area contributed by atoms with Gasteiger partial charge in [0.05, 0.1) is 13.2 Å². The monoisotopic (exact) mass is 866 g/mol. The highest BCUT2D eigenvalue weighted by atomic mass is 31.2. The number of nitrogens with one attached hydrogen (secondary N) is 1. The average molecular weight is 866 g/mol. The molecule has 3 N–H and O–H groups in total. The molecular weight excluding hydrogens is 786 g/mol. The Morgan fingerprint density at radius 1 is 0.508 bits per heavy atom. The first-order valence-electron chi connectivity index (χ1n) is 22.7. The Bertz CT molecular complexity index is 1450. The van der Waals surface area contributed by atoms with Crippen LogP contribution >= 0.6 is 7.82 Å². The van der Waals surface area contributed by atoms with Gasteiger partial charge in [-0.25, -0.2) is 4.57 Å². The van der Waals surface area contributed by atoms with Crippen LogP contribution in [0.4, 0.5) is 0 Å². The Hall–Kier alpha value is -3.85. The first kappa shape index (κ1) is 57.1. The number of ether oxygens (including phenoxy) is 1. The summed E-state index contributed by atoms with van der Waals surface area (Å²) in [6, 6.07) is 0. The van der Waals surface area contributed by atoms with Crippen LogP contribution in [0.5, 0.6) is 0 Å². The molecule has 0 aromatic heterocycles. The molecule has 1 amide bonds. The smallest absolute Gasteiger partial charge is 0.463 e. The number of aliphatic hydroxyl groups excluding tert-OH is 1. The number of rotatable bonds is 40. The van der Waals surface area contributed by atoms with E-state index in [4.69, 9.17) is 13.8 Å². The van der Waals surface area contributed by atoms with Gasteiger partial charge < -0.3 is 20.1 Å². The fourth-order valence-electron chi connectivity index (χ4n) is 5.23. The molecular formula is C51H80NO8P. The van der Waals surface area contributed by atoms with Gasteiger partial charge in [0.1, 0.15) is 12.7 Å². The van der Waals surface area contributed by atoms with E-state index in [2.05, 4.69) is 153 Å². The number of esters is 1. The number of amides is 1. The van der Waals surface area contributed by atoms with E-state index in [0.717, 1.165) is 109 Å². The highest BCUT2D eigenvalue weighted by molar-refractivity contribution is 7.47. The van der Waals surface area contributed by atoms with Gasteiger partial charge in [0.25, 0.3) is 0 Å². The third-order valence-electron chi connectivity index (χ3n) is 8.58. The predicted octanol–water partition coefficient (Wildman–Crippen LogP) is 13.1. The van der Waals surface area contributed by atoms with E-state index in [0.29, 0.717) is 12.8 Å². The summed E-state index contributed by atoms with van der Waals surface area (Å²) < 4.78 is 26.9. The van der Waals surface area contributed by atoms with Crippen LogP contribution in [0.15, 0.2) is 134 Å². The van der Waals surface area contributed by atoms with Gasteiger partial charge >= 0.3 is 13.8 Å². The third-order valence-corrected chi connectivity index (χ3v) is 9.56. The second-order valence-corrected chi connectivity index (χ2v) is 15.7. The number of unbranched alkanes of at least 4 members (excludes halogenated alkanes) is 5. The molecule has 0 saturated heterocycles. The molecule has 2 unspecified atom stereocenters. The normalized spacial score (nSPS) is 14.5. The van der Waals surface area contributed by atoms with Crippen molar-refractivity contribution in [2.45, 2.75) is 148 Å². The molecule has 0 radical (unpaired) electrons. The lowest BCUT2D eigenvalue weighted by Gasteiger charge is -2.15. The molecule has 61 heavy (non-hydrogen) atoms. The Morgan fingerprint density at radius 2 is 0.885 bits per heavy atom. The van der Waals surface area contributed by atoms with Crippen LogP contribution in [0.1, 0.15) is 142 Å². The summed E-state index contributed by atoms with van der Waals surface area (Å²) in [5.74, 6) is -0.607. The van der Waals surface area contributed by atoms with E-state index in [1.807, 2.05) is 0 Å². The lowest BCUT2D eigenvalue weighted by molar-refractivity contribution is -0.147. The maximum absolute atomic E-state index is 12.1. The van der Waals surface area contributed by atoms with E-state index in [-0.39, 0.29) is 32.1 Å². The van der Waals surface area contributed by atoms with Crippen LogP contribution in [0, 0.1) is 0 Å². The molecule has 2 atom stereocenters. The number of allylic oxidation sites excluding steroid dienone is 22. The van der Waals surface area contributed by atoms with Gasteiger partial charge in [-0.15, -0.1) is 0 Å². The summed E-state index contributed by atoms with van der Waals surface area (Å²) in [6.07, 6.45) is 63.8. The zero-order valence-corrected chi connectivity index (χ0v) is 38.4. The third kappa shape index (κ3) is 47.1. The minimum Gasteiger partial charge on any atom is -0.463 e. The molecule has 0 aliphatic carbocycles. The SMILES string of the molecule is CC/C=C\C/C=C\C/C=C\C/C=C\C/C=C\C/C=C\CCCCC(=O)NCCOP(=O)(O)OCC(O)COC(=O)CCCCC/C=C\C/C=C\C/C=C\C/C=C\C/C=C\CC. The molecule has 0 aromatic carbocycles. The summed E-state index contributed by atoms with van der Waals surface area (Å²) >= 11 is 0. The van der Waals surface area contributed by atoms with Crippen LogP contribution in [0.25, 0.3) is 0 Å². The lowest BCUT2D eigenvalue weighted by atomic mass is 10.1. The average Bonchev–Trinajstić information content (AvgIpc) is 3.25. The molecule has 0 fully saturated rings. The van der Waals surface area contributed by atoms with Gasteiger partial charge in [0.15, 0.2) is 0 Å². The van der Waals surface area contributed by atoms with E-state index in [1.54, 1.807) is 0 Å². The molecule has 0 aliphatic heterocycles. The van der Waals surface area contributed by atoms with E-state index in [1.165, 1.54) is 0 Å². The minimum atomic E-state index is -4.45. The Morgan fingerprint density at radius 3 is 1.31 bits per heavy atom. The standard InChI is InChI=1S/C51H80NO8P/c1-3-5-7-9-11-13-15-17-19-21-23-24-26-27-29-31-33-35-37-39-41-43-50(54)52-45-46-59-61(56,57)60-48-49(53)47-58-51(55)44-42-40-38-36-34-32-30-28-25-22-20-18-16-14-12-10-8-6-4-2/h5-8,11-14,17-20,23-25,27-29,32-35,49,53H,3-4,9-10,15-16,21-22,26,30-31,36-48H2,1-2H3,(H,52,54)(H,56,57)/b7-5-,8-6-,13-11-,14-12-,19-17-,20-18-,24-23-,28-25-,29-27-,34-32-,35-33-. The Labute approximate surface area is 370 Å². The largest absolute Gasteiger partial charge is 0.472 e. The molecule has 0 aliphatic rings. The maximum atomic E-state index is 12.1. The van der Waals surface area contributed by atoms with Crippen molar-refractivity contribution in [2.24, 2.45) is 0 Å². The summed E-state index contributed by atoms with van der Waals surface area (Å²) in [5.41, 5.74) is 0. The van der Waals surface area contributed by atoms with E-state index >= 15 is 0 Å². The molecule has 0 aromatic rings. The second kappa shape index (κ2) is 45.7. The molecule has 342 valence electrons. The lowest BCUT2D eigenvalue weighted by Crippen LogP contribution is -2.27. The molecule has 0 bridgehead atoms. The van der Waals surface area contributed by atoms with E-state index in [9.17, 15) is 24.2 Å². The highest BCUT2D eigenvalue weighted by Crippen LogP contribution is 2.42. The zero-order chi connectivity index (χ0) is 44.6. The van der Waals surface area contributed by atoms with Crippen molar-refractivity contribution in [2.75, 3.05) is 26.4 Å². The Kier molecular flexibility index (Phi) is 42.8. The summed E-state index contributed by atoms with van der Waals surface area (Å²) in [6.45, 7) is 3.20. The summed E-state index contributed by atoms with van der Waals surface area (Å²) in [7, 11) is -4.45. The van der Waals surface area contributed by atoms with Crippen molar-refractivity contribution in [3.05, 3.63) is 134 Å². The van der Waals surface area contributed by atoms with Crippen LogP contribution in [-0.2, 0) is 27.9 Å². The second-order valence-electron chi connectivity index (χ2n) is 14.3. The van der Waals surface area contributed by atoms with Gasteiger partial charge in [-0.3, -0.25) is 18.6 Å². The topological polar surface area (TPSA) is 131 Å². The molecule has 0 heterocycles. The van der Waals surface area contributed by atoms with Gasteiger partial charge in [-0.2, -0.15) is 0 Å². The number of phosphoric ester groups is 1. The number of hydrogen-bond acceptors (Lipinski definition) is 7. The number of carbonyl (C=O) groups excluding carboxylic acids is 2. The zero-order valence-electron chi connectivity index (χ0n) is 37.5. The van der Waals surface area contributed by atoms with Crippen LogP contribution < -0.4 is 5.32 Å². The van der Waals surface area contributed by atoms with Crippen molar-refractivity contribution in [3.63, 3.8) is 0 Å². The highest BCUT2D eigenvalue weighted by Gasteiger charge is 2.23. The number of phosphoric acid groups is 1.